The van der Waals surface area contributed by atoms with Crippen molar-refractivity contribution < 1.29 is 14.3 Å². The fraction of sp³-hybridized carbons (Fsp3) is 0.889. The Morgan fingerprint density at radius 1 is 1.29 bits per heavy atom. The van der Waals surface area contributed by atoms with Crippen molar-refractivity contribution in [2.75, 3.05) is 32.9 Å². The molecule has 0 bridgehead atoms. The Hall–Kier alpha value is -0.650. The molecule has 2 fully saturated rings. The molecule has 5 nitrogen and oxygen atoms in total. The number of hydrazine groups is 1. The Kier molecular flexibility index (Phi) is 3.34. The summed E-state index contributed by atoms with van der Waals surface area (Å²) in [7, 11) is 0. The van der Waals surface area contributed by atoms with Crippen LogP contribution in [-0.2, 0) is 14.3 Å². The molecule has 2 saturated heterocycles. The van der Waals surface area contributed by atoms with Crippen molar-refractivity contribution in [3.05, 3.63) is 0 Å². The van der Waals surface area contributed by atoms with Gasteiger partial charge in [-0.25, -0.2) is 5.01 Å². The van der Waals surface area contributed by atoms with Crippen molar-refractivity contribution >= 4 is 5.91 Å². The van der Waals surface area contributed by atoms with Crippen LogP contribution in [-0.4, -0.2) is 49.9 Å². The van der Waals surface area contributed by atoms with Crippen LogP contribution in [0.1, 0.15) is 12.8 Å². The molecule has 0 aromatic rings. The van der Waals surface area contributed by atoms with Crippen molar-refractivity contribution in [2.45, 2.75) is 18.9 Å². The molecule has 2 heterocycles. The van der Waals surface area contributed by atoms with E-state index in [9.17, 15) is 4.79 Å². The molecule has 1 atom stereocenters. The standard InChI is InChI=1S/C9H16N2O3/c12-9(8-2-1-5-14-8)10-11-3-6-13-7-4-11/h8H,1-7H2,(H,10,12)/t8-/m1/s1. The lowest BCUT2D eigenvalue weighted by atomic mass is 10.2. The molecule has 5 heteroatoms. The molecule has 0 unspecified atom stereocenters. The molecule has 0 saturated carbocycles. The maximum Gasteiger partial charge on any atom is 0.263 e. The average Bonchev–Trinajstić information content (AvgIpc) is 2.72. The van der Waals surface area contributed by atoms with Crippen molar-refractivity contribution in [3.8, 4) is 0 Å². The van der Waals surface area contributed by atoms with Crippen molar-refractivity contribution in [2.24, 2.45) is 0 Å². The first-order valence-electron chi connectivity index (χ1n) is 5.11. The molecule has 0 spiro atoms. The van der Waals surface area contributed by atoms with Crippen LogP contribution < -0.4 is 5.43 Å². The zero-order valence-electron chi connectivity index (χ0n) is 8.20. The van der Waals surface area contributed by atoms with E-state index < -0.39 is 0 Å². The van der Waals surface area contributed by atoms with E-state index in [2.05, 4.69) is 5.43 Å². The van der Waals surface area contributed by atoms with Crippen LogP contribution in [0.5, 0.6) is 0 Å². The Labute approximate surface area is 83.3 Å². The van der Waals surface area contributed by atoms with Crippen LogP contribution >= 0.6 is 0 Å². The summed E-state index contributed by atoms with van der Waals surface area (Å²) in [5.74, 6) is -0.00981. The van der Waals surface area contributed by atoms with Gasteiger partial charge in [-0.3, -0.25) is 10.2 Å². The fourth-order valence-corrected chi connectivity index (χ4v) is 1.69. The third kappa shape index (κ3) is 2.43. The minimum absolute atomic E-state index is 0.00981. The van der Waals surface area contributed by atoms with E-state index in [4.69, 9.17) is 9.47 Å². The molecule has 2 aliphatic rings. The first-order valence-corrected chi connectivity index (χ1v) is 5.11. The second-order valence-electron chi connectivity index (χ2n) is 3.58. The number of carbonyl (C=O) groups is 1. The molecule has 14 heavy (non-hydrogen) atoms. The summed E-state index contributed by atoms with van der Waals surface area (Å²) in [5.41, 5.74) is 2.85. The van der Waals surface area contributed by atoms with E-state index in [0.29, 0.717) is 19.8 Å². The van der Waals surface area contributed by atoms with Crippen LogP contribution in [0.4, 0.5) is 0 Å². The van der Waals surface area contributed by atoms with E-state index in [1.165, 1.54) is 0 Å². The normalized spacial score (nSPS) is 29.0. The van der Waals surface area contributed by atoms with Gasteiger partial charge in [-0.15, -0.1) is 0 Å². The molecule has 1 amide bonds. The Bertz CT molecular complexity index is 198. The van der Waals surface area contributed by atoms with Crippen molar-refractivity contribution in [1.82, 2.24) is 10.4 Å². The quantitative estimate of drug-likeness (QED) is 0.654. The molecule has 0 aromatic heterocycles. The number of nitrogens with one attached hydrogen (secondary N) is 1. The van der Waals surface area contributed by atoms with E-state index in [-0.39, 0.29) is 12.0 Å². The molecule has 2 aliphatic heterocycles. The molecule has 0 aliphatic carbocycles. The largest absolute Gasteiger partial charge is 0.379 e. The third-order valence-electron chi connectivity index (χ3n) is 2.50. The number of morpholine rings is 1. The van der Waals surface area contributed by atoms with E-state index >= 15 is 0 Å². The average molecular weight is 200 g/mol. The summed E-state index contributed by atoms with van der Waals surface area (Å²) >= 11 is 0. The predicted molar refractivity (Wildman–Crippen MR) is 49.5 cm³/mol. The van der Waals surface area contributed by atoms with Gasteiger partial charge in [0.05, 0.1) is 13.2 Å². The zero-order valence-corrected chi connectivity index (χ0v) is 8.20. The third-order valence-corrected chi connectivity index (χ3v) is 2.50. The number of nitrogens with zero attached hydrogens (tertiary/aromatic N) is 1. The summed E-state index contributed by atoms with van der Waals surface area (Å²) in [6, 6.07) is 0. The van der Waals surface area contributed by atoms with Gasteiger partial charge >= 0.3 is 0 Å². The zero-order chi connectivity index (χ0) is 9.80. The van der Waals surface area contributed by atoms with Crippen LogP contribution in [0.25, 0.3) is 0 Å². The topological polar surface area (TPSA) is 50.8 Å². The minimum Gasteiger partial charge on any atom is -0.379 e. The number of rotatable bonds is 2. The lowest BCUT2D eigenvalue weighted by molar-refractivity contribution is -0.137. The van der Waals surface area contributed by atoms with Crippen LogP contribution in [0.3, 0.4) is 0 Å². The van der Waals surface area contributed by atoms with Crippen LogP contribution in [0.15, 0.2) is 0 Å². The molecule has 80 valence electrons. The minimum atomic E-state index is -0.238. The highest BCUT2D eigenvalue weighted by atomic mass is 16.5. The Morgan fingerprint density at radius 3 is 2.71 bits per heavy atom. The molecular formula is C9H16N2O3. The van der Waals surface area contributed by atoms with Gasteiger partial charge in [0.2, 0.25) is 0 Å². The van der Waals surface area contributed by atoms with Gasteiger partial charge < -0.3 is 9.47 Å². The number of carbonyl (C=O) groups excluding carboxylic acids is 1. The summed E-state index contributed by atoms with van der Waals surface area (Å²) < 4.78 is 10.5. The van der Waals surface area contributed by atoms with E-state index in [0.717, 1.165) is 25.9 Å². The van der Waals surface area contributed by atoms with E-state index in [1.807, 2.05) is 5.01 Å². The molecular weight excluding hydrogens is 184 g/mol. The van der Waals surface area contributed by atoms with Crippen LogP contribution in [0.2, 0.25) is 0 Å². The van der Waals surface area contributed by atoms with Gasteiger partial charge in [0.15, 0.2) is 0 Å². The summed E-state index contributed by atoms with van der Waals surface area (Å²) in [6.45, 7) is 3.61. The summed E-state index contributed by atoms with van der Waals surface area (Å²) in [6.07, 6.45) is 1.59. The molecule has 0 aromatic carbocycles. The highest BCUT2D eigenvalue weighted by molar-refractivity contribution is 5.80. The number of ether oxygens (including phenoxy) is 2. The van der Waals surface area contributed by atoms with Gasteiger partial charge in [-0.05, 0) is 12.8 Å². The van der Waals surface area contributed by atoms with Gasteiger partial charge in [-0.2, -0.15) is 0 Å². The summed E-state index contributed by atoms with van der Waals surface area (Å²) in [5, 5.41) is 1.90. The summed E-state index contributed by atoms with van der Waals surface area (Å²) in [4.78, 5) is 11.6. The number of amides is 1. The molecule has 0 radical (unpaired) electrons. The lowest BCUT2D eigenvalue weighted by Gasteiger charge is -2.27. The SMILES string of the molecule is O=C(NN1CCOCC1)[C@H]1CCCO1. The van der Waals surface area contributed by atoms with Gasteiger partial charge in [0.1, 0.15) is 6.10 Å². The maximum atomic E-state index is 11.6. The lowest BCUT2D eigenvalue weighted by Crippen LogP contribution is -2.51. The van der Waals surface area contributed by atoms with E-state index in [1.54, 1.807) is 0 Å². The van der Waals surface area contributed by atoms with Crippen molar-refractivity contribution in [3.63, 3.8) is 0 Å². The van der Waals surface area contributed by atoms with Crippen LogP contribution in [0, 0.1) is 0 Å². The first-order chi connectivity index (χ1) is 6.86. The first kappa shape index (κ1) is 9.89. The Balaban J connectivity index is 1.75. The highest BCUT2D eigenvalue weighted by Crippen LogP contribution is 2.11. The van der Waals surface area contributed by atoms with Crippen molar-refractivity contribution in [1.29, 1.82) is 0 Å². The second kappa shape index (κ2) is 4.72. The highest BCUT2D eigenvalue weighted by Gasteiger charge is 2.25. The fourth-order valence-electron chi connectivity index (χ4n) is 1.69. The smallest absolute Gasteiger partial charge is 0.263 e. The maximum absolute atomic E-state index is 11.6. The monoisotopic (exact) mass is 200 g/mol. The van der Waals surface area contributed by atoms with Gasteiger partial charge in [0, 0.05) is 19.7 Å². The second-order valence-corrected chi connectivity index (χ2v) is 3.58. The van der Waals surface area contributed by atoms with Gasteiger partial charge in [-0.1, -0.05) is 0 Å². The Morgan fingerprint density at radius 2 is 2.07 bits per heavy atom. The number of hydrogen-bond donors (Lipinski definition) is 1. The molecule has 1 N–H and O–H groups in total. The predicted octanol–water partition coefficient (Wildman–Crippen LogP) is -0.471. The van der Waals surface area contributed by atoms with Gasteiger partial charge in [0.25, 0.3) is 5.91 Å². The number of hydrogen-bond acceptors (Lipinski definition) is 4. The molecule has 2 rings (SSSR count).